The minimum atomic E-state index is -0.599. The van der Waals surface area contributed by atoms with Crippen LogP contribution in [-0.4, -0.2) is 5.91 Å². The fraction of sp³-hybridized carbons (Fsp3) is 0.0714. The number of carbonyl (C=O) groups is 1. The van der Waals surface area contributed by atoms with Gasteiger partial charge in [-0.1, -0.05) is 28.1 Å². The van der Waals surface area contributed by atoms with Crippen molar-refractivity contribution >= 4 is 33.2 Å². The lowest BCUT2D eigenvalue weighted by atomic mass is 10.1. The SMILES string of the molecule is Cc1ccc(Br)cc1NC(=O)c1cccc(F)c1N. The zero-order chi connectivity index (χ0) is 14.0. The summed E-state index contributed by atoms with van der Waals surface area (Å²) in [5.41, 5.74) is 7.10. The van der Waals surface area contributed by atoms with Gasteiger partial charge in [0.1, 0.15) is 5.82 Å². The molecular weight excluding hydrogens is 311 g/mol. The molecule has 2 rings (SSSR count). The first-order chi connectivity index (χ1) is 8.99. The van der Waals surface area contributed by atoms with Gasteiger partial charge in [0.25, 0.3) is 5.91 Å². The predicted molar refractivity (Wildman–Crippen MR) is 77.6 cm³/mol. The first-order valence-corrected chi connectivity index (χ1v) is 6.40. The van der Waals surface area contributed by atoms with Crippen LogP contribution in [0, 0.1) is 12.7 Å². The van der Waals surface area contributed by atoms with Crippen molar-refractivity contribution in [3.8, 4) is 0 Å². The number of hydrogen-bond donors (Lipinski definition) is 2. The number of nitrogens with one attached hydrogen (secondary N) is 1. The Labute approximate surface area is 118 Å². The van der Waals surface area contributed by atoms with E-state index < -0.39 is 11.7 Å². The summed E-state index contributed by atoms with van der Waals surface area (Å²) in [5, 5.41) is 2.72. The van der Waals surface area contributed by atoms with E-state index >= 15 is 0 Å². The Kier molecular flexibility index (Phi) is 3.85. The topological polar surface area (TPSA) is 55.1 Å². The average Bonchev–Trinajstić information content (AvgIpc) is 2.37. The number of carbonyl (C=O) groups excluding carboxylic acids is 1. The van der Waals surface area contributed by atoms with Crippen LogP contribution in [0.25, 0.3) is 0 Å². The van der Waals surface area contributed by atoms with Crippen LogP contribution >= 0.6 is 15.9 Å². The van der Waals surface area contributed by atoms with Crippen molar-refractivity contribution < 1.29 is 9.18 Å². The number of para-hydroxylation sites is 1. The molecule has 3 nitrogen and oxygen atoms in total. The number of nitrogen functional groups attached to an aromatic ring is 1. The molecule has 0 fully saturated rings. The van der Waals surface area contributed by atoms with Crippen LogP contribution in [0.15, 0.2) is 40.9 Å². The number of aryl methyl sites for hydroxylation is 1. The molecule has 0 radical (unpaired) electrons. The van der Waals surface area contributed by atoms with Crippen LogP contribution in [0.3, 0.4) is 0 Å². The van der Waals surface area contributed by atoms with E-state index in [0.29, 0.717) is 5.69 Å². The average molecular weight is 323 g/mol. The van der Waals surface area contributed by atoms with Crippen molar-refractivity contribution in [1.29, 1.82) is 0 Å². The van der Waals surface area contributed by atoms with E-state index in [4.69, 9.17) is 5.73 Å². The molecule has 19 heavy (non-hydrogen) atoms. The number of amides is 1. The molecule has 0 atom stereocenters. The lowest BCUT2D eigenvalue weighted by Crippen LogP contribution is -2.15. The number of anilines is 2. The molecule has 0 aliphatic rings. The molecule has 0 spiro atoms. The Bertz CT molecular complexity index is 643. The van der Waals surface area contributed by atoms with Gasteiger partial charge in [-0.05, 0) is 36.8 Å². The summed E-state index contributed by atoms with van der Waals surface area (Å²) in [5.74, 6) is -1.03. The first kappa shape index (κ1) is 13.5. The number of hydrogen-bond acceptors (Lipinski definition) is 2. The van der Waals surface area contributed by atoms with E-state index in [1.807, 2.05) is 19.1 Å². The number of halogens is 2. The van der Waals surface area contributed by atoms with E-state index in [2.05, 4.69) is 21.2 Å². The van der Waals surface area contributed by atoms with Crippen molar-refractivity contribution in [2.24, 2.45) is 0 Å². The summed E-state index contributed by atoms with van der Waals surface area (Å²) < 4.78 is 14.2. The Morgan fingerprint density at radius 2 is 2.05 bits per heavy atom. The fourth-order valence-corrected chi connectivity index (χ4v) is 2.01. The maximum absolute atomic E-state index is 13.3. The predicted octanol–water partition coefficient (Wildman–Crippen LogP) is 3.73. The summed E-state index contributed by atoms with van der Waals surface area (Å²) in [7, 11) is 0. The van der Waals surface area contributed by atoms with Crippen LogP contribution in [0.4, 0.5) is 15.8 Å². The first-order valence-electron chi connectivity index (χ1n) is 5.60. The van der Waals surface area contributed by atoms with Gasteiger partial charge in [0, 0.05) is 10.2 Å². The summed E-state index contributed by atoms with van der Waals surface area (Å²) >= 11 is 3.33. The Morgan fingerprint density at radius 3 is 2.79 bits per heavy atom. The van der Waals surface area contributed by atoms with Gasteiger partial charge >= 0.3 is 0 Å². The second kappa shape index (κ2) is 5.40. The van der Waals surface area contributed by atoms with Gasteiger partial charge in [-0.25, -0.2) is 4.39 Å². The highest BCUT2D eigenvalue weighted by atomic mass is 79.9. The monoisotopic (exact) mass is 322 g/mol. The molecule has 3 N–H and O–H groups in total. The number of nitrogens with two attached hydrogens (primary N) is 1. The molecule has 0 aliphatic heterocycles. The van der Waals surface area contributed by atoms with E-state index in [1.54, 1.807) is 6.07 Å². The van der Waals surface area contributed by atoms with Crippen molar-refractivity contribution in [3.63, 3.8) is 0 Å². The van der Waals surface area contributed by atoms with Crippen molar-refractivity contribution in [1.82, 2.24) is 0 Å². The Hall–Kier alpha value is -1.88. The van der Waals surface area contributed by atoms with Gasteiger partial charge in [-0.3, -0.25) is 4.79 Å². The molecule has 98 valence electrons. The number of rotatable bonds is 2. The van der Waals surface area contributed by atoms with E-state index in [1.165, 1.54) is 18.2 Å². The molecule has 0 saturated heterocycles. The molecule has 0 heterocycles. The largest absolute Gasteiger partial charge is 0.396 e. The third-order valence-electron chi connectivity index (χ3n) is 2.75. The molecule has 2 aromatic rings. The zero-order valence-corrected chi connectivity index (χ0v) is 11.8. The normalized spacial score (nSPS) is 10.3. The second-order valence-electron chi connectivity index (χ2n) is 4.11. The minimum absolute atomic E-state index is 0.124. The third-order valence-corrected chi connectivity index (χ3v) is 3.24. The summed E-state index contributed by atoms with van der Waals surface area (Å²) in [4.78, 5) is 12.1. The highest BCUT2D eigenvalue weighted by Crippen LogP contribution is 2.23. The highest BCUT2D eigenvalue weighted by Gasteiger charge is 2.13. The summed E-state index contributed by atoms with van der Waals surface area (Å²) in [6, 6.07) is 9.69. The Morgan fingerprint density at radius 1 is 1.32 bits per heavy atom. The number of benzene rings is 2. The maximum atomic E-state index is 13.3. The molecule has 5 heteroatoms. The maximum Gasteiger partial charge on any atom is 0.257 e. The standard InChI is InChI=1S/C14H12BrFN2O/c1-8-5-6-9(15)7-12(8)18-14(19)10-3-2-4-11(16)13(10)17/h2-7H,17H2,1H3,(H,18,19). The summed E-state index contributed by atoms with van der Waals surface area (Å²) in [6.45, 7) is 1.87. The minimum Gasteiger partial charge on any atom is -0.396 e. The quantitative estimate of drug-likeness (QED) is 0.828. The van der Waals surface area contributed by atoms with E-state index in [9.17, 15) is 9.18 Å². The lowest BCUT2D eigenvalue weighted by Gasteiger charge is -2.10. The molecule has 1 amide bonds. The smallest absolute Gasteiger partial charge is 0.257 e. The Balaban J connectivity index is 2.31. The van der Waals surface area contributed by atoms with Gasteiger partial charge in [-0.15, -0.1) is 0 Å². The van der Waals surface area contributed by atoms with Gasteiger partial charge in [0.2, 0.25) is 0 Å². The van der Waals surface area contributed by atoms with Gasteiger partial charge in [0.15, 0.2) is 0 Å². The molecule has 0 aliphatic carbocycles. The molecular formula is C14H12BrFN2O. The molecule has 0 unspecified atom stereocenters. The third kappa shape index (κ3) is 2.93. The molecule has 2 aromatic carbocycles. The van der Waals surface area contributed by atoms with Gasteiger partial charge < -0.3 is 11.1 Å². The van der Waals surface area contributed by atoms with Crippen molar-refractivity contribution in [3.05, 3.63) is 57.8 Å². The van der Waals surface area contributed by atoms with Crippen LogP contribution < -0.4 is 11.1 Å². The second-order valence-corrected chi connectivity index (χ2v) is 5.03. The lowest BCUT2D eigenvalue weighted by molar-refractivity contribution is 0.102. The van der Waals surface area contributed by atoms with Crippen molar-refractivity contribution in [2.45, 2.75) is 6.92 Å². The van der Waals surface area contributed by atoms with Crippen molar-refractivity contribution in [2.75, 3.05) is 11.1 Å². The van der Waals surface area contributed by atoms with Crippen LogP contribution in [0.5, 0.6) is 0 Å². The van der Waals surface area contributed by atoms with Gasteiger partial charge in [-0.2, -0.15) is 0 Å². The molecule has 0 saturated carbocycles. The van der Waals surface area contributed by atoms with Crippen LogP contribution in [0.2, 0.25) is 0 Å². The van der Waals surface area contributed by atoms with Crippen LogP contribution in [-0.2, 0) is 0 Å². The van der Waals surface area contributed by atoms with Gasteiger partial charge in [0.05, 0.1) is 11.3 Å². The summed E-state index contributed by atoms with van der Waals surface area (Å²) in [6.07, 6.45) is 0. The van der Waals surface area contributed by atoms with E-state index in [0.717, 1.165) is 10.0 Å². The fourth-order valence-electron chi connectivity index (χ4n) is 1.65. The molecule has 0 aromatic heterocycles. The zero-order valence-electron chi connectivity index (χ0n) is 10.2. The molecule has 0 bridgehead atoms. The van der Waals surface area contributed by atoms with Crippen LogP contribution in [0.1, 0.15) is 15.9 Å². The highest BCUT2D eigenvalue weighted by molar-refractivity contribution is 9.10. The van der Waals surface area contributed by atoms with E-state index in [-0.39, 0.29) is 11.3 Å².